The fraction of sp³-hybridized carbons (Fsp3) is 0.200. The van der Waals surface area contributed by atoms with Crippen molar-refractivity contribution < 1.29 is 14.3 Å². The first-order chi connectivity index (χ1) is 13.0. The Morgan fingerprint density at radius 2 is 1.81 bits per heavy atom. The number of para-hydroxylation sites is 2. The van der Waals surface area contributed by atoms with Crippen molar-refractivity contribution in [3.63, 3.8) is 0 Å². The molecule has 0 unspecified atom stereocenters. The lowest BCUT2D eigenvalue weighted by atomic mass is 10.1. The Kier molecular flexibility index (Phi) is 5.81. The maximum Gasteiger partial charge on any atom is 0.263 e. The SMILES string of the molecule is COc1ccccc1OCC(=O)Nc1c(-c2ccc(Br)cc2)c(C)nn1C. The number of hydrogen-bond acceptors (Lipinski definition) is 4. The summed E-state index contributed by atoms with van der Waals surface area (Å²) < 4.78 is 13.5. The van der Waals surface area contributed by atoms with Crippen LogP contribution in [0.15, 0.2) is 53.0 Å². The van der Waals surface area contributed by atoms with Crippen LogP contribution >= 0.6 is 15.9 Å². The number of carbonyl (C=O) groups excluding carboxylic acids is 1. The molecule has 0 atom stereocenters. The van der Waals surface area contributed by atoms with Gasteiger partial charge in [-0.2, -0.15) is 5.10 Å². The topological polar surface area (TPSA) is 65.4 Å². The minimum Gasteiger partial charge on any atom is -0.493 e. The number of anilines is 1. The van der Waals surface area contributed by atoms with Crippen LogP contribution in [0.4, 0.5) is 5.82 Å². The predicted molar refractivity (Wildman–Crippen MR) is 108 cm³/mol. The van der Waals surface area contributed by atoms with Crippen molar-refractivity contribution in [1.29, 1.82) is 0 Å². The van der Waals surface area contributed by atoms with E-state index in [1.807, 2.05) is 43.3 Å². The Bertz CT molecular complexity index is 952. The summed E-state index contributed by atoms with van der Waals surface area (Å²) >= 11 is 3.44. The summed E-state index contributed by atoms with van der Waals surface area (Å²) in [7, 11) is 3.36. The second-order valence-electron chi connectivity index (χ2n) is 5.93. The average molecular weight is 430 g/mol. The smallest absolute Gasteiger partial charge is 0.263 e. The van der Waals surface area contributed by atoms with E-state index in [1.54, 1.807) is 31.0 Å². The standard InChI is InChI=1S/C20H20BrN3O3/c1-13-19(14-8-10-15(21)11-9-14)20(24(2)23-13)22-18(25)12-27-17-7-5-4-6-16(17)26-3/h4-11H,12H2,1-3H3,(H,22,25). The minimum absolute atomic E-state index is 0.135. The van der Waals surface area contributed by atoms with Gasteiger partial charge < -0.3 is 14.8 Å². The maximum absolute atomic E-state index is 12.5. The first-order valence-corrected chi connectivity index (χ1v) is 9.14. The van der Waals surface area contributed by atoms with Gasteiger partial charge in [0, 0.05) is 17.1 Å². The highest BCUT2D eigenvalue weighted by Crippen LogP contribution is 2.32. The van der Waals surface area contributed by atoms with Crippen molar-refractivity contribution in [2.45, 2.75) is 6.92 Å². The number of nitrogens with zero attached hydrogens (tertiary/aromatic N) is 2. The predicted octanol–water partition coefficient (Wildman–Crippen LogP) is 4.18. The third-order valence-electron chi connectivity index (χ3n) is 4.04. The maximum atomic E-state index is 12.5. The van der Waals surface area contributed by atoms with Crippen molar-refractivity contribution in [3.05, 3.63) is 58.7 Å². The first kappa shape index (κ1) is 19.0. The summed E-state index contributed by atoms with van der Waals surface area (Å²) in [6.07, 6.45) is 0. The van der Waals surface area contributed by atoms with Gasteiger partial charge in [-0.15, -0.1) is 0 Å². The average Bonchev–Trinajstić information content (AvgIpc) is 2.94. The molecule has 1 N–H and O–H groups in total. The number of carbonyl (C=O) groups is 1. The van der Waals surface area contributed by atoms with Gasteiger partial charge in [-0.3, -0.25) is 9.48 Å². The molecule has 1 aromatic heterocycles. The van der Waals surface area contributed by atoms with Crippen LogP contribution in [0.25, 0.3) is 11.1 Å². The quantitative estimate of drug-likeness (QED) is 0.637. The van der Waals surface area contributed by atoms with E-state index in [0.29, 0.717) is 17.3 Å². The van der Waals surface area contributed by atoms with Crippen LogP contribution in [-0.4, -0.2) is 29.4 Å². The molecule has 7 heteroatoms. The van der Waals surface area contributed by atoms with Gasteiger partial charge in [-0.1, -0.05) is 40.2 Å². The number of halogens is 1. The summed E-state index contributed by atoms with van der Waals surface area (Å²) in [5, 5.41) is 7.34. The molecule has 0 saturated heterocycles. The summed E-state index contributed by atoms with van der Waals surface area (Å²) in [6.45, 7) is 1.78. The van der Waals surface area contributed by atoms with Gasteiger partial charge in [0.1, 0.15) is 5.82 Å². The second-order valence-corrected chi connectivity index (χ2v) is 6.84. The fourth-order valence-corrected chi connectivity index (χ4v) is 3.08. The molecule has 27 heavy (non-hydrogen) atoms. The number of hydrogen-bond donors (Lipinski definition) is 1. The zero-order chi connectivity index (χ0) is 19.4. The van der Waals surface area contributed by atoms with Crippen LogP contribution in [-0.2, 0) is 11.8 Å². The Hall–Kier alpha value is -2.80. The molecule has 6 nitrogen and oxygen atoms in total. The van der Waals surface area contributed by atoms with E-state index in [1.165, 1.54) is 0 Å². The molecular weight excluding hydrogens is 410 g/mol. The summed E-state index contributed by atoms with van der Waals surface area (Å²) in [6, 6.07) is 15.1. The molecule has 1 amide bonds. The zero-order valence-electron chi connectivity index (χ0n) is 15.3. The number of amides is 1. The molecule has 3 rings (SSSR count). The van der Waals surface area contributed by atoms with Crippen LogP contribution in [0.1, 0.15) is 5.69 Å². The molecule has 0 fully saturated rings. The van der Waals surface area contributed by atoms with E-state index in [0.717, 1.165) is 21.3 Å². The summed E-state index contributed by atoms with van der Waals surface area (Å²) in [5.41, 5.74) is 2.70. The van der Waals surface area contributed by atoms with E-state index in [2.05, 4.69) is 26.3 Å². The fourth-order valence-electron chi connectivity index (χ4n) is 2.81. The molecule has 0 saturated carbocycles. The normalized spacial score (nSPS) is 10.5. The van der Waals surface area contributed by atoms with Crippen molar-refractivity contribution in [2.24, 2.45) is 7.05 Å². The monoisotopic (exact) mass is 429 g/mol. The van der Waals surface area contributed by atoms with Gasteiger partial charge in [0.15, 0.2) is 18.1 Å². The van der Waals surface area contributed by atoms with Crippen LogP contribution in [0.5, 0.6) is 11.5 Å². The van der Waals surface area contributed by atoms with E-state index in [9.17, 15) is 4.79 Å². The molecular formula is C20H20BrN3O3. The van der Waals surface area contributed by atoms with Gasteiger partial charge in [0.05, 0.1) is 12.8 Å². The Labute approximate surface area is 166 Å². The summed E-state index contributed by atoms with van der Waals surface area (Å²) in [5.74, 6) is 1.45. The number of nitrogens with one attached hydrogen (secondary N) is 1. The molecule has 0 spiro atoms. The highest BCUT2D eigenvalue weighted by molar-refractivity contribution is 9.10. The van der Waals surface area contributed by atoms with E-state index >= 15 is 0 Å². The molecule has 1 heterocycles. The third-order valence-corrected chi connectivity index (χ3v) is 4.57. The third kappa shape index (κ3) is 4.31. The minimum atomic E-state index is -0.276. The Morgan fingerprint density at radius 1 is 1.15 bits per heavy atom. The van der Waals surface area contributed by atoms with E-state index < -0.39 is 0 Å². The number of aryl methyl sites for hydroxylation is 2. The van der Waals surface area contributed by atoms with Gasteiger partial charge in [-0.05, 0) is 36.8 Å². The van der Waals surface area contributed by atoms with Gasteiger partial charge in [0.2, 0.25) is 0 Å². The lowest BCUT2D eigenvalue weighted by Crippen LogP contribution is -2.22. The molecule has 0 bridgehead atoms. The number of ether oxygens (including phenoxy) is 2. The largest absolute Gasteiger partial charge is 0.493 e. The van der Waals surface area contributed by atoms with Crippen molar-refractivity contribution in [3.8, 4) is 22.6 Å². The van der Waals surface area contributed by atoms with Gasteiger partial charge >= 0.3 is 0 Å². The number of benzene rings is 2. The van der Waals surface area contributed by atoms with Crippen molar-refractivity contribution in [1.82, 2.24) is 9.78 Å². The lowest BCUT2D eigenvalue weighted by Gasteiger charge is -2.12. The number of rotatable bonds is 6. The molecule has 140 valence electrons. The second kappa shape index (κ2) is 8.26. The van der Waals surface area contributed by atoms with Crippen LogP contribution in [0.2, 0.25) is 0 Å². The Balaban J connectivity index is 1.77. The highest BCUT2D eigenvalue weighted by Gasteiger charge is 2.18. The highest BCUT2D eigenvalue weighted by atomic mass is 79.9. The molecule has 0 aliphatic heterocycles. The molecule has 3 aromatic rings. The van der Waals surface area contributed by atoms with E-state index in [-0.39, 0.29) is 12.5 Å². The number of methoxy groups -OCH3 is 1. The summed E-state index contributed by atoms with van der Waals surface area (Å²) in [4.78, 5) is 12.5. The van der Waals surface area contributed by atoms with Gasteiger partial charge in [0.25, 0.3) is 5.91 Å². The van der Waals surface area contributed by atoms with Crippen LogP contribution < -0.4 is 14.8 Å². The molecule has 0 aliphatic rings. The Morgan fingerprint density at radius 3 is 2.48 bits per heavy atom. The molecule has 2 aromatic carbocycles. The van der Waals surface area contributed by atoms with Crippen LogP contribution in [0.3, 0.4) is 0 Å². The van der Waals surface area contributed by atoms with Gasteiger partial charge in [-0.25, -0.2) is 0 Å². The van der Waals surface area contributed by atoms with Crippen molar-refractivity contribution in [2.75, 3.05) is 19.0 Å². The van der Waals surface area contributed by atoms with Crippen LogP contribution in [0, 0.1) is 6.92 Å². The lowest BCUT2D eigenvalue weighted by molar-refractivity contribution is -0.118. The zero-order valence-corrected chi connectivity index (χ0v) is 16.9. The van der Waals surface area contributed by atoms with E-state index in [4.69, 9.17) is 9.47 Å². The first-order valence-electron chi connectivity index (χ1n) is 8.34. The molecule has 0 radical (unpaired) electrons. The molecule has 0 aliphatic carbocycles. The number of aromatic nitrogens is 2. The van der Waals surface area contributed by atoms with Crippen molar-refractivity contribution >= 4 is 27.7 Å².